The first kappa shape index (κ1) is 16.8. The largest absolute Gasteiger partial charge is 0.469 e. The van der Waals surface area contributed by atoms with Crippen LogP contribution >= 0.6 is 22.6 Å². The third-order valence-corrected chi connectivity index (χ3v) is 7.79. The molecule has 0 amide bonds. The van der Waals surface area contributed by atoms with Gasteiger partial charge in [-0.25, -0.2) is 0 Å². The topological polar surface area (TPSA) is 26.3 Å². The van der Waals surface area contributed by atoms with Crippen LogP contribution in [0.1, 0.15) is 65.7 Å². The van der Waals surface area contributed by atoms with Gasteiger partial charge in [-0.05, 0) is 62.7 Å². The highest BCUT2D eigenvalue weighted by Crippen LogP contribution is 2.63. The lowest BCUT2D eigenvalue weighted by atomic mass is 9.47. The van der Waals surface area contributed by atoms with Crippen molar-refractivity contribution < 1.29 is 9.53 Å². The van der Waals surface area contributed by atoms with Crippen LogP contribution in [0.5, 0.6) is 0 Å². The van der Waals surface area contributed by atoms with Gasteiger partial charge >= 0.3 is 5.97 Å². The molecule has 0 aromatic heterocycles. The molecule has 2 fully saturated rings. The van der Waals surface area contributed by atoms with E-state index < -0.39 is 0 Å². The number of halogens is 1. The Morgan fingerprint density at radius 2 is 2.00 bits per heavy atom. The minimum absolute atomic E-state index is 0.0111. The number of methoxy groups -OCH3 is 1. The van der Waals surface area contributed by atoms with Crippen molar-refractivity contribution in [2.24, 2.45) is 22.7 Å². The summed E-state index contributed by atoms with van der Waals surface area (Å²) in [7, 11) is 1.55. The number of fused-ring (bicyclic) bond motifs is 3. The maximum absolute atomic E-state index is 12.5. The van der Waals surface area contributed by atoms with Gasteiger partial charge in [0.25, 0.3) is 0 Å². The number of rotatable bonds is 1. The third kappa shape index (κ3) is 2.46. The number of hydrogen-bond acceptors (Lipinski definition) is 2. The quantitative estimate of drug-likeness (QED) is 0.251. The number of carbonyl (C=O) groups is 1. The predicted octanol–water partition coefficient (Wildman–Crippen LogP) is 5.30. The highest BCUT2D eigenvalue weighted by atomic mass is 127. The molecule has 0 aromatic carbocycles. The number of allylic oxidation sites excluding steroid dienone is 2. The highest BCUT2D eigenvalue weighted by Gasteiger charge is 2.58. The van der Waals surface area contributed by atoms with E-state index in [2.05, 4.69) is 49.4 Å². The third-order valence-electron chi connectivity index (χ3n) is 6.90. The van der Waals surface area contributed by atoms with E-state index in [1.807, 2.05) is 0 Å². The summed E-state index contributed by atoms with van der Waals surface area (Å²) in [6.07, 6.45) is 10.8. The summed E-state index contributed by atoms with van der Waals surface area (Å²) < 4.78 is 5.61. The summed E-state index contributed by atoms with van der Waals surface area (Å²) in [5.74, 6) is 1.19. The van der Waals surface area contributed by atoms with Crippen molar-refractivity contribution in [1.29, 1.82) is 0 Å². The van der Waals surface area contributed by atoms with Gasteiger partial charge in [0.1, 0.15) is 0 Å². The molecule has 2 saturated carbocycles. The van der Waals surface area contributed by atoms with Crippen LogP contribution < -0.4 is 0 Å². The molecule has 3 aliphatic carbocycles. The fraction of sp³-hybridized carbons (Fsp3) is 0.842. The highest BCUT2D eigenvalue weighted by molar-refractivity contribution is 14.1. The van der Waals surface area contributed by atoms with Crippen molar-refractivity contribution in [2.45, 2.75) is 69.1 Å². The summed E-state index contributed by atoms with van der Waals surface area (Å²) >= 11 is 2.64. The standard InChI is InChI=1S/C19H29IO2/c1-17(20)11-8-14-13(12-17)6-7-15-18(14,2)9-5-10-19(15,3)16(21)22-4/h8,13,15H,5-7,9-12H2,1-4H3/t13-,15+,17+,18+,19-/m1/s1. The summed E-state index contributed by atoms with van der Waals surface area (Å²) in [6.45, 7) is 6.98. The molecule has 0 unspecified atom stereocenters. The first-order chi connectivity index (χ1) is 10.2. The number of esters is 1. The van der Waals surface area contributed by atoms with Gasteiger partial charge in [-0.3, -0.25) is 4.79 Å². The second-order valence-corrected chi connectivity index (χ2v) is 11.1. The van der Waals surface area contributed by atoms with Gasteiger partial charge in [0.2, 0.25) is 0 Å². The van der Waals surface area contributed by atoms with Crippen molar-refractivity contribution in [3.63, 3.8) is 0 Å². The minimum atomic E-state index is -0.293. The molecule has 0 aliphatic heterocycles. The lowest BCUT2D eigenvalue weighted by molar-refractivity contribution is -0.164. The van der Waals surface area contributed by atoms with Gasteiger partial charge in [0.05, 0.1) is 12.5 Å². The van der Waals surface area contributed by atoms with Gasteiger partial charge in [-0.2, -0.15) is 0 Å². The number of hydrogen-bond donors (Lipinski definition) is 0. The molecule has 0 spiro atoms. The Morgan fingerprint density at radius 1 is 1.27 bits per heavy atom. The SMILES string of the molecule is COC(=O)[C@]1(C)CCC[C@@]2(C)C3=CC[C@](C)(I)C[C@H]3CC[C@H]12. The molecule has 0 heterocycles. The fourth-order valence-corrected chi connectivity index (χ4v) is 6.61. The van der Waals surface area contributed by atoms with E-state index in [9.17, 15) is 4.79 Å². The van der Waals surface area contributed by atoms with Crippen LogP contribution in [0.15, 0.2) is 11.6 Å². The average molecular weight is 416 g/mol. The van der Waals surface area contributed by atoms with Crippen molar-refractivity contribution in [3.8, 4) is 0 Å². The zero-order valence-electron chi connectivity index (χ0n) is 14.4. The molecule has 0 saturated heterocycles. The Labute approximate surface area is 148 Å². The van der Waals surface area contributed by atoms with E-state index in [1.54, 1.807) is 12.7 Å². The lowest BCUT2D eigenvalue weighted by Crippen LogP contribution is -2.53. The number of alkyl halides is 1. The molecule has 0 N–H and O–H groups in total. The van der Waals surface area contributed by atoms with E-state index >= 15 is 0 Å². The second kappa shape index (κ2) is 5.49. The minimum Gasteiger partial charge on any atom is -0.469 e. The molecule has 2 nitrogen and oxygen atoms in total. The first-order valence-corrected chi connectivity index (χ1v) is 9.79. The van der Waals surface area contributed by atoms with Crippen molar-refractivity contribution in [1.82, 2.24) is 0 Å². The summed E-state index contributed by atoms with van der Waals surface area (Å²) in [4.78, 5) is 12.5. The Balaban J connectivity index is 1.98. The molecule has 0 radical (unpaired) electrons. The molecule has 22 heavy (non-hydrogen) atoms. The van der Waals surface area contributed by atoms with Crippen molar-refractivity contribution in [3.05, 3.63) is 11.6 Å². The first-order valence-electron chi connectivity index (χ1n) is 8.71. The Morgan fingerprint density at radius 3 is 2.68 bits per heavy atom. The monoisotopic (exact) mass is 416 g/mol. The summed E-state index contributed by atoms with van der Waals surface area (Å²) in [5.41, 5.74) is 1.59. The van der Waals surface area contributed by atoms with Crippen molar-refractivity contribution >= 4 is 28.6 Å². The maximum Gasteiger partial charge on any atom is 0.311 e. The zero-order valence-corrected chi connectivity index (χ0v) is 16.5. The maximum atomic E-state index is 12.5. The molecule has 3 rings (SSSR count). The smallest absolute Gasteiger partial charge is 0.311 e. The van der Waals surface area contributed by atoms with E-state index in [0.29, 0.717) is 9.34 Å². The second-order valence-electron chi connectivity index (χ2n) is 8.49. The van der Waals surface area contributed by atoms with Crippen LogP contribution in [0, 0.1) is 22.7 Å². The zero-order chi connectivity index (χ0) is 16.2. The van der Waals surface area contributed by atoms with E-state index in [4.69, 9.17) is 4.74 Å². The molecule has 0 bridgehead atoms. The Bertz CT molecular complexity index is 510. The van der Waals surface area contributed by atoms with Crippen molar-refractivity contribution in [2.75, 3.05) is 7.11 Å². The normalized spacial score (nSPS) is 48.0. The van der Waals surface area contributed by atoms with Gasteiger partial charge in [0, 0.05) is 3.42 Å². The van der Waals surface area contributed by atoms with Gasteiger partial charge in [0.15, 0.2) is 0 Å². The van der Waals surface area contributed by atoms with Crippen LogP contribution in [-0.2, 0) is 9.53 Å². The lowest BCUT2D eigenvalue weighted by Gasteiger charge is -2.58. The van der Waals surface area contributed by atoms with Crippen LogP contribution in [0.4, 0.5) is 0 Å². The molecule has 5 atom stereocenters. The van der Waals surface area contributed by atoms with Crippen LogP contribution in [0.2, 0.25) is 0 Å². The Kier molecular flexibility index (Phi) is 4.19. The number of ether oxygens (including phenoxy) is 1. The molecular formula is C19H29IO2. The molecular weight excluding hydrogens is 387 g/mol. The van der Waals surface area contributed by atoms with Crippen LogP contribution in [0.3, 0.4) is 0 Å². The average Bonchev–Trinajstić information content (AvgIpc) is 2.44. The number of carbonyl (C=O) groups excluding carboxylic acids is 1. The van der Waals surface area contributed by atoms with E-state index in [0.717, 1.165) is 18.8 Å². The molecule has 0 aromatic rings. The van der Waals surface area contributed by atoms with Crippen LogP contribution in [-0.4, -0.2) is 16.5 Å². The van der Waals surface area contributed by atoms with Gasteiger partial charge in [-0.15, -0.1) is 0 Å². The van der Waals surface area contributed by atoms with Crippen LogP contribution in [0.25, 0.3) is 0 Å². The predicted molar refractivity (Wildman–Crippen MR) is 98.0 cm³/mol. The fourth-order valence-electron chi connectivity index (χ4n) is 5.86. The molecule has 124 valence electrons. The van der Waals surface area contributed by atoms with E-state index in [1.165, 1.54) is 32.1 Å². The van der Waals surface area contributed by atoms with Gasteiger partial charge < -0.3 is 4.74 Å². The summed E-state index contributed by atoms with van der Waals surface area (Å²) in [5, 5.41) is 0. The molecule has 3 aliphatic rings. The summed E-state index contributed by atoms with van der Waals surface area (Å²) in [6, 6.07) is 0. The van der Waals surface area contributed by atoms with Gasteiger partial charge in [-0.1, -0.05) is 54.5 Å². The van der Waals surface area contributed by atoms with E-state index in [-0.39, 0.29) is 16.8 Å². The molecule has 3 heteroatoms. The Hall–Kier alpha value is -0.0600.